The number of hydrogen-bond acceptors (Lipinski definition) is 4. The first-order valence-electron chi connectivity index (χ1n) is 7.34. The minimum absolute atomic E-state index is 0.0996. The summed E-state index contributed by atoms with van der Waals surface area (Å²) in [6.07, 6.45) is 1.13. The zero-order chi connectivity index (χ0) is 15.5. The molecule has 1 aromatic rings. The van der Waals surface area contributed by atoms with E-state index in [2.05, 4.69) is 0 Å². The smallest absolute Gasteiger partial charge is 0.217 e. The van der Waals surface area contributed by atoms with Crippen LogP contribution in [-0.2, 0) is 21.3 Å². The molecule has 1 heterocycles. The lowest BCUT2D eigenvalue weighted by molar-refractivity contribution is 0.0968. The van der Waals surface area contributed by atoms with Gasteiger partial charge in [-0.15, -0.1) is 0 Å². The van der Waals surface area contributed by atoms with E-state index < -0.39 is 10.0 Å². The summed E-state index contributed by atoms with van der Waals surface area (Å²) in [5, 5.41) is -0.349. The zero-order valence-corrected chi connectivity index (χ0v) is 13.5. The molecule has 2 rings (SSSR count). The van der Waals surface area contributed by atoms with E-state index >= 15 is 0 Å². The van der Waals surface area contributed by atoms with Gasteiger partial charge in [0.25, 0.3) is 0 Å². The summed E-state index contributed by atoms with van der Waals surface area (Å²) in [5.74, 6) is 0. The summed E-state index contributed by atoms with van der Waals surface area (Å²) < 4.78 is 32.6. The molecular formula is C15H24N2O3S. The molecule has 0 spiro atoms. The van der Waals surface area contributed by atoms with Gasteiger partial charge in [-0.1, -0.05) is 18.2 Å². The first kappa shape index (κ1) is 16.3. The van der Waals surface area contributed by atoms with E-state index in [1.807, 2.05) is 32.0 Å². The lowest BCUT2D eigenvalue weighted by atomic mass is 10.2. The van der Waals surface area contributed by atoms with Crippen molar-refractivity contribution in [3.8, 4) is 0 Å². The van der Waals surface area contributed by atoms with Crippen LogP contribution in [0.1, 0.15) is 32.3 Å². The first-order valence-corrected chi connectivity index (χ1v) is 8.85. The van der Waals surface area contributed by atoms with Gasteiger partial charge in [-0.3, -0.25) is 0 Å². The molecule has 2 N–H and O–H groups in total. The summed E-state index contributed by atoms with van der Waals surface area (Å²) in [4.78, 5) is 0. The molecule has 0 unspecified atom stereocenters. The Balaban J connectivity index is 2.24. The van der Waals surface area contributed by atoms with Crippen LogP contribution in [0, 0.1) is 0 Å². The van der Waals surface area contributed by atoms with Crippen molar-refractivity contribution >= 4 is 15.7 Å². The van der Waals surface area contributed by atoms with Crippen molar-refractivity contribution in [3.05, 3.63) is 29.8 Å². The summed E-state index contributed by atoms with van der Waals surface area (Å²) in [6, 6.07) is 7.31. The van der Waals surface area contributed by atoms with Crippen molar-refractivity contribution in [2.24, 2.45) is 0 Å². The van der Waals surface area contributed by atoms with E-state index in [0.717, 1.165) is 5.56 Å². The summed E-state index contributed by atoms with van der Waals surface area (Å²) in [7, 11) is -3.34. The third kappa shape index (κ3) is 3.75. The summed E-state index contributed by atoms with van der Waals surface area (Å²) in [5.41, 5.74) is 7.43. The third-order valence-electron chi connectivity index (χ3n) is 3.87. The number of benzene rings is 1. The highest BCUT2D eigenvalue weighted by Gasteiger charge is 2.35. The highest BCUT2D eigenvalue weighted by molar-refractivity contribution is 7.89. The predicted octanol–water partition coefficient (Wildman–Crippen LogP) is 1.99. The number of rotatable bonds is 5. The van der Waals surface area contributed by atoms with Gasteiger partial charge in [-0.25, -0.2) is 8.42 Å². The molecule has 1 aliphatic rings. The number of ether oxygens (including phenoxy) is 1. The molecule has 118 valence electrons. The minimum atomic E-state index is -3.34. The number of anilines is 1. The number of nitrogen functional groups attached to an aromatic ring is 1. The van der Waals surface area contributed by atoms with Crippen LogP contribution in [0.15, 0.2) is 24.3 Å². The van der Waals surface area contributed by atoms with Crippen LogP contribution in [0.3, 0.4) is 0 Å². The zero-order valence-electron chi connectivity index (χ0n) is 12.7. The van der Waals surface area contributed by atoms with Crippen LogP contribution in [0.25, 0.3) is 0 Å². The second-order valence-corrected chi connectivity index (χ2v) is 7.86. The number of hydrogen-bond donors (Lipinski definition) is 1. The Labute approximate surface area is 127 Å². The molecule has 6 heteroatoms. The third-order valence-corrected chi connectivity index (χ3v) is 6.39. The Morgan fingerprint density at radius 3 is 2.48 bits per heavy atom. The van der Waals surface area contributed by atoms with Gasteiger partial charge in [-0.05, 0) is 38.3 Å². The number of sulfonamides is 1. The largest absolute Gasteiger partial charge is 0.398 e. The van der Waals surface area contributed by atoms with Gasteiger partial charge in [0.2, 0.25) is 10.0 Å². The van der Waals surface area contributed by atoms with Crippen molar-refractivity contribution in [3.63, 3.8) is 0 Å². The molecule has 1 saturated heterocycles. The maximum atomic E-state index is 12.9. The average Bonchev–Trinajstić information content (AvgIpc) is 2.46. The van der Waals surface area contributed by atoms with Crippen LogP contribution in [0.4, 0.5) is 5.69 Å². The second-order valence-electron chi connectivity index (χ2n) is 5.69. The fourth-order valence-electron chi connectivity index (χ4n) is 2.58. The molecule has 0 aromatic heterocycles. The average molecular weight is 312 g/mol. The van der Waals surface area contributed by atoms with Crippen molar-refractivity contribution < 1.29 is 13.2 Å². The van der Waals surface area contributed by atoms with Crippen LogP contribution >= 0.6 is 0 Å². The van der Waals surface area contributed by atoms with Crippen molar-refractivity contribution in [1.29, 1.82) is 0 Å². The lowest BCUT2D eigenvalue weighted by Crippen LogP contribution is -2.44. The lowest BCUT2D eigenvalue weighted by Gasteiger charge is -2.32. The molecular weight excluding hydrogens is 288 g/mol. The Hall–Kier alpha value is -1.11. The fourth-order valence-corrected chi connectivity index (χ4v) is 4.66. The summed E-state index contributed by atoms with van der Waals surface area (Å²) >= 11 is 0. The molecule has 5 nitrogen and oxygen atoms in total. The standard InChI is InChI=1S/C15H24N2O3S/c1-12(2)17(11-13-5-3-4-6-15(13)16)21(18,19)14-7-9-20-10-8-14/h3-6,12,14H,7-11,16H2,1-2H3. The molecule has 1 aliphatic heterocycles. The highest BCUT2D eigenvalue weighted by Crippen LogP contribution is 2.25. The van der Waals surface area contributed by atoms with Gasteiger partial charge >= 0.3 is 0 Å². The quantitative estimate of drug-likeness (QED) is 0.844. The highest BCUT2D eigenvalue weighted by atomic mass is 32.2. The topological polar surface area (TPSA) is 72.6 Å². The molecule has 1 aromatic carbocycles. The van der Waals surface area contributed by atoms with Crippen LogP contribution in [0.5, 0.6) is 0 Å². The van der Waals surface area contributed by atoms with E-state index in [1.165, 1.54) is 0 Å². The molecule has 0 radical (unpaired) electrons. The molecule has 0 saturated carbocycles. The predicted molar refractivity (Wildman–Crippen MR) is 84.3 cm³/mol. The Kier molecular flexibility index (Phi) is 5.24. The Bertz CT molecular complexity index is 566. The first-order chi connectivity index (χ1) is 9.93. The number of nitrogens with zero attached hydrogens (tertiary/aromatic N) is 1. The Morgan fingerprint density at radius 1 is 1.29 bits per heavy atom. The van der Waals surface area contributed by atoms with Crippen LogP contribution < -0.4 is 5.73 Å². The molecule has 0 atom stereocenters. The second kappa shape index (κ2) is 6.77. The minimum Gasteiger partial charge on any atom is -0.398 e. The van der Waals surface area contributed by atoms with E-state index in [0.29, 0.717) is 38.3 Å². The monoisotopic (exact) mass is 312 g/mol. The van der Waals surface area contributed by atoms with E-state index in [1.54, 1.807) is 10.4 Å². The number of para-hydroxylation sites is 1. The molecule has 0 aliphatic carbocycles. The molecule has 21 heavy (non-hydrogen) atoms. The van der Waals surface area contributed by atoms with E-state index in [4.69, 9.17) is 10.5 Å². The van der Waals surface area contributed by atoms with E-state index in [-0.39, 0.29) is 11.3 Å². The normalized spacial score (nSPS) is 17.5. The van der Waals surface area contributed by atoms with Crippen molar-refractivity contribution in [2.45, 2.75) is 44.5 Å². The SMILES string of the molecule is CC(C)N(Cc1ccccc1N)S(=O)(=O)C1CCOCC1. The van der Waals surface area contributed by atoms with Gasteiger partial charge in [0.05, 0.1) is 5.25 Å². The molecule has 1 fully saturated rings. The summed E-state index contributed by atoms with van der Waals surface area (Å²) in [6.45, 7) is 5.16. The van der Waals surface area contributed by atoms with Gasteiger partial charge in [0.15, 0.2) is 0 Å². The van der Waals surface area contributed by atoms with E-state index in [9.17, 15) is 8.42 Å². The maximum absolute atomic E-state index is 12.9. The molecule has 0 amide bonds. The van der Waals surface area contributed by atoms with Crippen LogP contribution in [-0.4, -0.2) is 37.2 Å². The van der Waals surface area contributed by atoms with Gasteiger partial charge in [0.1, 0.15) is 0 Å². The van der Waals surface area contributed by atoms with Crippen molar-refractivity contribution in [2.75, 3.05) is 18.9 Å². The van der Waals surface area contributed by atoms with Gasteiger partial charge < -0.3 is 10.5 Å². The number of nitrogens with two attached hydrogens (primary N) is 1. The van der Waals surface area contributed by atoms with Gasteiger partial charge in [-0.2, -0.15) is 4.31 Å². The molecule has 0 bridgehead atoms. The Morgan fingerprint density at radius 2 is 1.90 bits per heavy atom. The fraction of sp³-hybridized carbons (Fsp3) is 0.600. The maximum Gasteiger partial charge on any atom is 0.217 e. The van der Waals surface area contributed by atoms with Crippen LogP contribution in [0.2, 0.25) is 0 Å². The van der Waals surface area contributed by atoms with Gasteiger partial charge in [0, 0.05) is 31.5 Å². The van der Waals surface area contributed by atoms with Crippen molar-refractivity contribution in [1.82, 2.24) is 4.31 Å².